The number of nitrogens with one attached hydrogen (secondary N) is 1. The Bertz CT molecular complexity index is 827. The molecule has 0 bridgehead atoms. The summed E-state index contributed by atoms with van der Waals surface area (Å²) in [4.78, 5) is 12.0. The molecule has 0 amide bonds. The number of hydrogen-bond donors (Lipinski definition) is 2. The highest BCUT2D eigenvalue weighted by Crippen LogP contribution is 2.22. The topological polar surface area (TPSA) is 63.8 Å². The van der Waals surface area contributed by atoms with E-state index in [1.807, 2.05) is 38.1 Å². The summed E-state index contributed by atoms with van der Waals surface area (Å²) in [6, 6.07) is 11.6. The van der Waals surface area contributed by atoms with E-state index in [0.717, 1.165) is 16.8 Å². The average molecular weight is 253 g/mol. The molecule has 0 aliphatic rings. The van der Waals surface area contributed by atoms with Crippen LogP contribution in [-0.2, 0) is 0 Å². The van der Waals surface area contributed by atoms with Gasteiger partial charge in [0, 0.05) is 5.69 Å². The molecule has 96 valence electrons. The number of aromatic nitrogens is 2. The number of nitrogen functional groups attached to an aromatic ring is 1. The summed E-state index contributed by atoms with van der Waals surface area (Å²) >= 11 is 0. The summed E-state index contributed by atoms with van der Waals surface area (Å²) in [7, 11) is 0. The minimum Gasteiger partial charge on any atom is -0.398 e. The molecule has 0 saturated carbocycles. The Morgan fingerprint density at radius 2 is 1.95 bits per heavy atom. The van der Waals surface area contributed by atoms with E-state index in [0.29, 0.717) is 11.1 Å². The maximum Gasteiger partial charge on any atom is 0.274 e. The molecular weight excluding hydrogens is 238 g/mol. The van der Waals surface area contributed by atoms with Gasteiger partial charge in [-0.05, 0) is 37.6 Å². The van der Waals surface area contributed by atoms with Crippen molar-refractivity contribution >= 4 is 16.6 Å². The standard InChI is InChI=1S/C15H15N3O/c1-9-6-7-12(10(2)8-9)18-13-5-3-4-11(16)14(13)15(19)17-18/h3-8H,16H2,1-2H3,(H,17,19). The van der Waals surface area contributed by atoms with Gasteiger partial charge in [-0.15, -0.1) is 0 Å². The third kappa shape index (κ3) is 1.73. The predicted molar refractivity (Wildman–Crippen MR) is 77.8 cm³/mol. The number of aryl methyl sites for hydroxylation is 2. The highest BCUT2D eigenvalue weighted by atomic mass is 16.1. The van der Waals surface area contributed by atoms with E-state index in [1.165, 1.54) is 5.56 Å². The Labute approximate surface area is 110 Å². The van der Waals surface area contributed by atoms with Gasteiger partial charge < -0.3 is 5.73 Å². The molecule has 0 unspecified atom stereocenters. The van der Waals surface area contributed by atoms with Crippen LogP contribution >= 0.6 is 0 Å². The third-order valence-corrected chi connectivity index (χ3v) is 3.35. The van der Waals surface area contributed by atoms with Crippen molar-refractivity contribution in [3.8, 4) is 5.69 Å². The van der Waals surface area contributed by atoms with Crippen LogP contribution in [0.1, 0.15) is 11.1 Å². The maximum atomic E-state index is 12.0. The second-order valence-electron chi connectivity index (χ2n) is 4.81. The summed E-state index contributed by atoms with van der Waals surface area (Å²) < 4.78 is 1.79. The van der Waals surface area contributed by atoms with Crippen molar-refractivity contribution in [2.45, 2.75) is 13.8 Å². The first-order valence-electron chi connectivity index (χ1n) is 6.15. The largest absolute Gasteiger partial charge is 0.398 e. The van der Waals surface area contributed by atoms with Crippen LogP contribution in [0, 0.1) is 13.8 Å². The molecule has 3 rings (SSSR count). The molecule has 2 aromatic carbocycles. The Morgan fingerprint density at radius 1 is 1.16 bits per heavy atom. The smallest absolute Gasteiger partial charge is 0.274 e. The highest BCUT2D eigenvalue weighted by molar-refractivity contribution is 5.91. The van der Waals surface area contributed by atoms with Crippen LogP contribution in [0.2, 0.25) is 0 Å². The lowest BCUT2D eigenvalue weighted by Gasteiger charge is -2.09. The summed E-state index contributed by atoms with van der Waals surface area (Å²) in [6.45, 7) is 4.07. The molecule has 0 aliphatic heterocycles. The number of rotatable bonds is 1. The number of anilines is 1. The van der Waals surface area contributed by atoms with Crippen molar-refractivity contribution in [2.75, 3.05) is 5.73 Å². The van der Waals surface area contributed by atoms with Gasteiger partial charge in [-0.3, -0.25) is 14.6 Å². The van der Waals surface area contributed by atoms with Crippen molar-refractivity contribution in [3.63, 3.8) is 0 Å². The van der Waals surface area contributed by atoms with Crippen molar-refractivity contribution in [3.05, 3.63) is 57.9 Å². The third-order valence-electron chi connectivity index (χ3n) is 3.35. The summed E-state index contributed by atoms with van der Waals surface area (Å²) in [5.41, 5.74) is 10.3. The zero-order valence-electron chi connectivity index (χ0n) is 10.9. The molecule has 1 heterocycles. The molecule has 3 aromatic rings. The van der Waals surface area contributed by atoms with Gasteiger partial charge in [0.15, 0.2) is 0 Å². The van der Waals surface area contributed by atoms with Gasteiger partial charge in [-0.1, -0.05) is 23.8 Å². The number of nitrogens with two attached hydrogens (primary N) is 1. The van der Waals surface area contributed by atoms with Gasteiger partial charge in [-0.25, -0.2) is 0 Å². The lowest BCUT2D eigenvalue weighted by molar-refractivity contribution is 0.883. The second kappa shape index (κ2) is 4.02. The number of fused-ring (bicyclic) bond motifs is 1. The van der Waals surface area contributed by atoms with Crippen LogP contribution in [-0.4, -0.2) is 9.78 Å². The van der Waals surface area contributed by atoms with Crippen LogP contribution in [0.4, 0.5) is 5.69 Å². The van der Waals surface area contributed by atoms with Crippen molar-refractivity contribution in [2.24, 2.45) is 0 Å². The number of benzene rings is 2. The zero-order valence-corrected chi connectivity index (χ0v) is 10.9. The van der Waals surface area contributed by atoms with E-state index in [2.05, 4.69) is 11.2 Å². The van der Waals surface area contributed by atoms with E-state index in [4.69, 9.17) is 5.73 Å². The summed E-state index contributed by atoms with van der Waals surface area (Å²) in [5.74, 6) is 0. The monoisotopic (exact) mass is 253 g/mol. The van der Waals surface area contributed by atoms with Crippen LogP contribution in [0.25, 0.3) is 16.6 Å². The fourth-order valence-corrected chi connectivity index (χ4v) is 2.46. The fourth-order valence-electron chi connectivity index (χ4n) is 2.46. The summed E-state index contributed by atoms with van der Waals surface area (Å²) in [6.07, 6.45) is 0. The van der Waals surface area contributed by atoms with Crippen molar-refractivity contribution < 1.29 is 0 Å². The van der Waals surface area contributed by atoms with Gasteiger partial charge in [0.25, 0.3) is 5.56 Å². The van der Waals surface area contributed by atoms with Crippen molar-refractivity contribution in [1.29, 1.82) is 0 Å². The van der Waals surface area contributed by atoms with Crippen LogP contribution in [0.5, 0.6) is 0 Å². The lowest BCUT2D eigenvalue weighted by Crippen LogP contribution is -2.05. The number of H-pyrrole nitrogens is 1. The molecule has 1 aromatic heterocycles. The molecule has 0 fully saturated rings. The number of hydrogen-bond acceptors (Lipinski definition) is 2. The average Bonchev–Trinajstić information content (AvgIpc) is 2.68. The predicted octanol–water partition coefficient (Wildman–Crippen LogP) is 2.52. The molecule has 4 nitrogen and oxygen atoms in total. The van der Waals surface area contributed by atoms with E-state index >= 15 is 0 Å². The molecule has 0 aliphatic carbocycles. The van der Waals surface area contributed by atoms with E-state index < -0.39 is 0 Å². The Kier molecular flexibility index (Phi) is 2.45. The molecule has 0 spiro atoms. The van der Waals surface area contributed by atoms with Gasteiger partial charge >= 0.3 is 0 Å². The van der Waals surface area contributed by atoms with E-state index in [9.17, 15) is 4.79 Å². The SMILES string of the molecule is Cc1ccc(-n2[nH]c(=O)c3c(N)cccc32)c(C)c1. The van der Waals surface area contributed by atoms with Gasteiger partial charge in [-0.2, -0.15) is 0 Å². The Morgan fingerprint density at radius 3 is 2.68 bits per heavy atom. The zero-order chi connectivity index (χ0) is 13.6. The molecule has 0 atom stereocenters. The normalized spacial score (nSPS) is 11.1. The first-order chi connectivity index (χ1) is 9.08. The molecular formula is C15H15N3O. The van der Waals surface area contributed by atoms with Gasteiger partial charge in [0.1, 0.15) is 0 Å². The second-order valence-corrected chi connectivity index (χ2v) is 4.81. The molecule has 3 N–H and O–H groups in total. The molecule has 4 heteroatoms. The molecule has 0 radical (unpaired) electrons. The Hall–Kier alpha value is -2.49. The minimum atomic E-state index is -0.159. The maximum absolute atomic E-state index is 12.0. The van der Waals surface area contributed by atoms with Crippen LogP contribution in [0.15, 0.2) is 41.2 Å². The quantitative estimate of drug-likeness (QED) is 0.654. The lowest BCUT2D eigenvalue weighted by atomic mass is 10.1. The summed E-state index contributed by atoms with van der Waals surface area (Å²) in [5, 5.41) is 3.40. The fraction of sp³-hybridized carbons (Fsp3) is 0.133. The molecule has 19 heavy (non-hydrogen) atoms. The van der Waals surface area contributed by atoms with E-state index in [1.54, 1.807) is 10.7 Å². The highest BCUT2D eigenvalue weighted by Gasteiger charge is 2.11. The van der Waals surface area contributed by atoms with Crippen molar-refractivity contribution in [1.82, 2.24) is 9.78 Å². The van der Waals surface area contributed by atoms with Crippen LogP contribution < -0.4 is 11.3 Å². The Balaban J connectivity index is 2.38. The first kappa shape index (κ1) is 11.6. The first-order valence-corrected chi connectivity index (χ1v) is 6.15. The van der Waals surface area contributed by atoms with Gasteiger partial charge in [0.2, 0.25) is 0 Å². The van der Waals surface area contributed by atoms with E-state index in [-0.39, 0.29) is 5.56 Å². The van der Waals surface area contributed by atoms with Crippen LogP contribution in [0.3, 0.4) is 0 Å². The number of aromatic amines is 1. The number of nitrogens with zero attached hydrogens (tertiary/aromatic N) is 1. The minimum absolute atomic E-state index is 0.159. The van der Waals surface area contributed by atoms with Gasteiger partial charge in [0.05, 0.1) is 16.6 Å². The molecule has 0 saturated heterocycles.